The SMILES string of the molecule is CN=C(NCc1ccc(COC2CCOCC2)cc1)NC1CCS(=O)(=O)C1.I. The fraction of sp³-hybridized carbons (Fsp3) is 0.632. The average molecular weight is 523 g/mol. The van der Waals surface area contributed by atoms with E-state index in [4.69, 9.17) is 9.47 Å². The van der Waals surface area contributed by atoms with E-state index in [0.717, 1.165) is 37.2 Å². The molecule has 1 unspecified atom stereocenters. The smallest absolute Gasteiger partial charge is 0.191 e. The Balaban J connectivity index is 0.00000280. The number of sulfone groups is 1. The molecule has 1 aromatic rings. The van der Waals surface area contributed by atoms with E-state index in [1.165, 1.54) is 0 Å². The first-order valence-corrected chi connectivity index (χ1v) is 11.3. The molecule has 2 aliphatic rings. The van der Waals surface area contributed by atoms with Crippen LogP contribution in [0.5, 0.6) is 0 Å². The van der Waals surface area contributed by atoms with E-state index >= 15 is 0 Å². The third-order valence-electron chi connectivity index (χ3n) is 4.93. The lowest BCUT2D eigenvalue weighted by atomic mass is 10.1. The monoisotopic (exact) mass is 523 g/mol. The van der Waals surface area contributed by atoms with Gasteiger partial charge in [0.25, 0.3) is 0 Å². The number of rotatable bonds is 6. The van der Waals surface area contributed by atoms with E-state index < -0.39 is 9.84 Å². The Morgan fingerprint density at radius 1 is 1.18 bits per heavy atom. The van der Waals surface area contributed by atoms with E-state index in [-0.39, 0.29) is 41.5 Å². The van der Waals surface area contributed by atoms with E-state index in [9.17, 15) is 8.42 Å². The number of nitrogens with one attached hydrogen (secondary N) is 2. The number of aliphatic imine (C=N–C) groups is 1. The summed E-state index contributed by atoms with van der Waals surface area (Å²) in [6.07, 6.45) is 2.87. The van der Waals surface area contributed by atoms with Crippen molar-refractivity contribution in [2.45, 2.75) is 44.6 Å². The number of guanidine groups is 1. The van der Waals surface area contributed by atoms with Gasteiger partial charge >= 0.3 is 0 Å². The second-order valence-corrected chi connectivity index (χ2v) is 9.34. The first kappa shape index (κ1) is 23.4. The summed E-state index contributed by atoms with van der Waals surface area (Å²) in [4.78, 5) is 4.18. The van der Waals surface area contributed by atoms with Crippen molar-refractivity contribution in [3.8, 4) is 0 Å². The molecule has 7 nitrogen and oxygen atoms in total. The van der Waals surface area contributed by atoms with Crippen LogP contribution in [0.25, 0.3) is 0 Å². The van der Waals surface area contributed by atoms with Crippen molar-refractivity contribution in [2.24, 2.45) is 4.99 Å². The minimum atomic E-state index is -2.90. The fourth-order valence-corrected chi connectivity index (χ4v) is 4.97. The van der Waals surface area contributed by atoms with Crippen LogP contribution >= 0.6 is 24.0 Å². The molecule has 2 N–H and O–H groups in total. The van der Waals surface area contributed by atoms with Crippen LogP contribution in [0.15, 0.2) is 29.3 Å². The standard InChI is InChI=1S/C19H29N3O4S.HI/c1-20-19(22-17-8-11-27(23,24)14-17)21-12-15-2-4-16(5-3-15)13-26-18-6-9-25-10-7-18;/h2-5,17-18H,6-14H2,1H3,(H2,20,21,22);1H. The van der Waals surface area contributed by atoms with Crippen LogP contribution in [0.2, 0.25) is 0 Å². The number of benzene rings is 1. The minimum absolute atomic E-state index is 0. The van der Waals surface area contributed by atoms with Gasteiger partial charge in [-0.15, -0.1) is 24.0 Å². The first-order valence-electron chi connectivity index (χ1n) is 9.49. The van der Waals surface area contributed by atoms with Gasteiger partial charge in [0.15, 0.2) is 15.8 Å². The Kier molecular flexibility index (Phi) is 9.45. The summed E-state index contributed by atoms with van der Waals surface area (Å²) in [5.41, 5.74) is 2.29. The minimum Gasteiger partial charge on any atom is -0.381 e. The highest BCUT2D eigenvalue weighted by Crippen LogP contribution is 2.14. The molecule has 158 valence electrons. The summed E-state index contributed by atoms with van der Waals surface area (Å²) in [5, 5.41) is 6.43. The zero-order valence-corrected chi connectivity index (χ0v) is 19.4. The van der Waals surface area contributed by atoms with Crippen molar-refractivity contribution in [1.29, 1.82) is 0 Å². The lowest BCUT2D eigenvalue weighted by Gasteiger charge is -2.22. The molecule has 0 amide bonds. The van der Waals surface area contributed by atoms with Gasteiger partial charge in [0.1, 0.15) is 0 Å². The topological polar surface area (TPSA) is 89.0 Å². The number of nitrogens with zero attached hydrogens (tertiary/aromatic N) is 1. The Labute approximate surface area is 184 Å². The van der Waals surface area contributed by atoms with Gasteiger partial charge in [0.05, 0.1) is 24.2 Å². The molecule has 0 aliphatic carbocycles. The molecule has 2 saturated heterocycles. The third kappa shape index (κ3) is 7.49. The average Bonchev–Trinajstić information content (AvgIpc) is 3.03. The lowest BCUT2D eigenvalue weighted by molar-refractivity contribution is -0.0390. The van der Waals surface area contributed by atoms with Gasteiger partial charge in [0, 0.05) is 32.8 Å². The molecule has 0 aromatic heterocycles. The van der Waals surface area contributed by atoms with Crippen LogP contribution in [0, 0.1) is 0 Å². The van der Waals surface area contributed by atoms with Crippen molar-refractivity contribution in [3.63, 3.8) is 0 Å². The second-order valence-electron chi connectivity index (χ2n) is 7.11. The molecule has 0 saturated carbocycles. The Bertz CT molecular complexity index is 734. The normalized spacial score (nSPS) is 22.5. The molecule has 0 spiro atoms. The zero-order valence-electron chi connectivity index (χ0n) is 16.2. The maximum atomic E-state index is 11.6. The van der Waals surface area contributed by atoms with Gasteiger partial charge < -0.3 is 20.1 Å². The van der Waals surface area contributed by atoms with Crippen LogP contribution in [-0.4, -0.2) is 58.3 Å². The largest absolute Gasteiger partial charge is 0.381 e. The van der Waals surface area contributed by atoms with E-state index in [1.807, 2.05) is 0 Å². The van der Waals surface area contributed by atoms with Gasteiger partial charge in [0.2, 0.25) is 0 Å². The molecular weight excluding hydrogens is 493 g/mol. The molecule has 2 aliphatic heterocycles. The van der Waals surface area contributed by atoms with E-state index in [1.54, 1.807) is 7.05 Å². The van der Waals surface area contributed by atoms with Crippen molar-refractivity contribution in [1.82, 2.24) is 10.6 Å². The Morgan fingerprint density at radius 3 is 2.46 bits per heavy atom. The van der Waals surface area contributed by atoms with Crippen LogP contribution in [0.4, 0.5) is 0 Å². The Hall–Kier alpha value is -0.910. The molecule has 9 heteroatoms. The molecule has 1 aromatic carbocycles. The molecule has 28 heavy (non-hydrogen) atoms. The van der Waals surface area contributed by atoms with E-state index in [0.29, 0.717) is 31.6 Å². The fourth-order valence-electron chi connectivity index (χ4n) is 3.29. The van der Waals surface area contributed by atoms with Gasteiger partial charge in [-0.25, -0.2) is 8.42 Å². The number of hydrogen-bond acceptors (Lipinski definition) is 5. The number of ether oxygens (including phenoxy) is 2. The predicted molar refractivity (Wildman–Crippen MR) is 121 cm³/mol. The van der Waals surface area contributed by atoms with Crippen LogP contribution < -0.4 is 10.6 Å². The van der Waals surface area contributed by atoms with Gasteiger partial charge in [-0.05, 0) is 30.4 Å². The third-order valence-corrected chi connectivity index (χ3v) is 6.70. The first-order chi connectivity index (χ1) is 13.0. The number of hydrogen-bond donors (Lipinski definition) is 2. The summed E-state index contributed by atoms with van der Waals surface area (Å²) in [6.45, 7) is 2.83. The molecule has 1 atom stereocenters. The molecule has 2 fully saturated rings. The van der Waals surface area contributed by atoms with Gasteiger partial charge in [-0.3, -0.25) is 4.99 Å². The van der Waals surface area contributed by atoms with Crippen molar-refractivity contribution >= 4 is 39.8 Å². The zero-order chi connectivity index (χ0) is 19.1. The summed E-state index contributed by atoms with van der Waals surface area (Å²) >= 11 is 0. The molecular formula is C19H30IN3O4S. The van der Waals surface area contributed by atoms with Crippen LogP contribution in [0.1, 0.15) is 30.4 Å². The molecule has 3 rings (SSSR count). The second kappa shape index (κ2) is 11.3. The summed E-state index contributed by atoms with van der Waals surface area (Å²) < 4.78 is 34.4. The van der Waals surface area contributed by atoms with Gasteiger partial charge in [-0.2, -0.15) is 0 Å². The Morgan fingerprint density at radius 2 is 1.86 bits per heavy atom. The quantitative estimate of drug-likeness (QED) is 0.336. The summed E-state index contributed by atoms with van der Waals surface area (Å²) in [6, 6.07) is 8.24. The summed E-state index contributed by atoms with van der Waals surface area (Å²) in [7, 11) is -1.21. The van der Waals surface area contributed by atoms with Crippen LogP contribution in [0.3, 0.4) is 0 Å². The molecule has 2 heterocycles. The predicted octanol–water partition coefficient (Wildman–Crippen LogP) is 1.85. The highest BCUT2D eigenvalue weighted by atomic mass is 127. The van der Waals surface area contributed by atoms with Gasteiger partial charge in [-0.1, -0.05) is 24.3 Å². The number of halogens is 1. The highest BCUT2D eigenvalue weighted by Gasteiger charge is 2.28. The van der Waals surface area contributed by atoms with Crippen molar-refractivity contribution in [2.75, 3.05) is 31.8 Å². The lowest BCUT2D eigenvalue weighted by Crippen LogP contribution is -2.43. The van der Waals surface area contributed by atoms with Crippen molar-refractivity contribution < 1.29 is 17.9 Å². The molecule has 0 bridgehead atoms. The molecule has 0 radical (unpaired) electrons. The highest BCUT2D eigenvalue weighted by molar-refractivity contribution is 14.0. The maximum absolute atomic E-state index is 11.6. The van der Waals surface area contributed by atoms with Crippen LogP contribution in [-0.2, 0) is 32.5 Å². The van der Waals surface area contributed by atoms with E-state index in [2.05, 4.69) is 39.9 Å². The summed E-state index contributed by atoms with van der Waals surface area (Å²) in [5.74, 6) is 1.05. The maximum Gasteiger partial charge on any atom is 0.191 e. The van der Waals surface area contributed by atoms with Crippen molar-refractivity contribution in [3.05, 3.63) is 35.4 Å².